The van der Waals surface area contributed by atoms with Crippen molar-refractivity contribution >= 4 is 17.4 Å². The number of para-hydroxylation sites is 1. The number of aromatic amines is 1. The molecule has 0 aliphatic rings. The van der Waals surface area contributed by atoms with Crippen LogP contribution in [0.4, 0.5) is 0 Å². The molecule has 4 nitrogen and oxygen atoms in total. The number of carbonyl (C=O) groups excluding carboxylic acids is 1. The lowest BCUT2D eigenvalue weighted by atomic mass is 10.2. The van der Waals surface area contributed by atoms with Crippen LogP contribution in [-0.2, 0) is 22.6 Å². The van der Waals surface area contributed by atoms with Crippen LogP contribution in [0.1, 0.15) is 11.3 Å². The standard InChI is InChI=1S/C18H17NO3/c20-13-21-11-10-17-18(15-8-4-5-9-16(15)19-17)22-12-14-6-2-1-3-7-14/h1-9,13,19H,10-12H2. The first kappa shape index (κ1) is 14.2. The molecule has 0 saturated carbocycles. The Kier molecular flexibility index (Phi) is 4.39. The second-order valence-corrected chi connectivity index (χ2v) is 4.97. The largest absolute Gasteiger partial charge is 0.486 e. The summed E-state index contributed by atoms with van der Waals surface area (Å²) in [6.07, 6.45) is 0.595. The minimum Gasteiger partial charge on any atom is -0.486 e. The molecule has 0 bridgehead atoms. The molecule has 112 valence electrons. The number of ether oxygens (including phenoxy) is 2. The van der Waals surface area contributed by atoms with Crippen molar-refractivity contribution in [3.63, 3.8) is 0 Å². The third kappa shape index (κ3) is 3.11. The van der Waals surface area contributed by atoms with E-state index in [0.717, 1.165) is 27.9 Å². The average molecular weight is 295 g/mol. The molecule has 0 saturated heterocycles. The van der Waals surface area contributed by atoms with Crippen molar-refractivity contribution in [1.29, 1.82) is 0 Å². The van der Waals surface area contributed by atoms with Gasteiger partial charge in [-0.05, 0) is 17.7 Å². The van der Waals surface area contributed by atoms with Gasteiger partial charge in [0.25, 0.3) is 6.47 Å². The Labute approximate surface area is 128 Å². The summed E-state index contributed by atoms with van der Waals surface area (Å²) in [5, 5.41) is 1.04. The first-order valence-corrected chi connectivity index (χ1v) is 7.20. The van der Waals surface area contributed by atoms with Gasteiger partial charge in [0.1, 0.15) is 12.4 Å². The van der Waals surface area contributed by atoms with Gasteiger partial charge >= 0.3 is 0 Å². The number of H-pyrrole nitrogens is 1. The highest BCUT2D eigenvalue weighted by molar-refractivity contribution is 5.87. The first-order valence-electron chi connectivity index (χ1n) is 7.20. The molecule has 0 unspecified atom stereocenters. The summed E-state index contributed by atoms with van der Waals surface area (Å²) in [6, 6.07) is 18.0. The van der Waals surface area contributed by atoms with Crippen LogP contribution in [0.5, 0.6) is 5.75 Å². The molecule has 0 radical (unpaired) electrons. The van der Waals surface area contributed by atoms with Gasteiger partial charge in [0.05, 0.1) is 12.3 Å². The van der Waals surface area contributed by atoms with Crippen molar-refractivity contribution in [3.8, 4) is 5.75 Å². The van der Waals surface area contributed by atoms with E-state index in [0.29, 0.717) is 26.1 Å². The summed E-state index contributed by atoms with van der Waals surface area (Å²) in [4.78, 5) is 13.6. The van der Waals surface area contributed by atoms with Crippen LogP contribution in [-0.4, -0.2) is 18.1 Å². The number of hydrogen-bond acceptors (Lipinski definition) is 3. The van der Waals surface area contributed by atoms with E-state index < -0.39 is 0 Å². The van der Waals surface area contributed by atoms with E-state index in [-0.39, 0.29) is 0 Å². The Morgan fingerprint density at radius 3 is 2.59 bits per heavy atom. The normalized spacial score (nSPS) is 10.5. The van der Waals surface area contributed by atoms with Gasteiger partial charge in [-0.15, -0.1) is 0 Å². The number of nitrogens with one attached hydrogen (secondary N) is 1. The van der Waals surface area contributed by atoms with Crippen molar-refractivity contribution < 1.29 is 14.3 Å². The molecule has 0 aliphatic heterocycles. The lowest BCUT2D eigenvalue weighted by Crippen LogP contribution is -2.01. The Morgan fingerprint density at radius 1 is 1.00 bits per heavy atom. The summed E-state index contributed by atoms with van der Waals surface area (Å²) in [5.41, 5.74) is 3.08. The van der Waals surface area contributed by atoms with Crippen molar-refractivity contribution in [1.82, 2.24) is 4.98 Å². The van der Waals surface area contributed by atoms with Crippen LogP contribution < -0.4 is 4.74 Å². The Morgan fingerprint density at radius 2 is 1.77 bits per heavy atom. The van der Waals surface area contributed by atoms with E-state index in [1.165, 1.54) is 0 Å². The zero-order valence-electron chi connectivity index (χ0n) is 12.1. The average Bonchev–Trinajstić information content (AvgIpc) is 2.92. The molecular formula is C18H17NO3. The molecule has 1 aromatic heterocycles. The Bertz CT molecular complexity index is 749. The summed E-state index contributed by atoms with van der Waals surface area (Å²) in [5.74, 6) is 0.828. The van der Waals surface area contributed by atoms with Crippen LogP contribution in [0.2, 0.25) is 0 Å². The fourth-order valence-electron chi connectivity index (χ4n) is 2.45. The third-order valence-electron chi connectivity index (χ3n) is 3.50. The summed E-state index contributed by atoms with van der Waals surface area (Å²) < 4.78 is 10.8. The Balaban J connectivity index is 1.84. The molecule has 0 fully saturated rings. The maximum absolute atomic E-state index is 10.3. The van der Waals surface area contributed by atoms with Gasteiger partial charge < -0.3 is 14.5 Å². The number of carbonyl (C=O) groups is 1. The number of fused-ring (bicyclic) bond motifs is 1. The predicted octanol–water partition coefficient (Wildman–Crippen LogP) is 3.46. The highest BCUT2D eigenvalue weighted by Crippen LogP contribution is 2.31. The van der Waals surface area contributed by atoms with Crippen LogP contribution in [0, 0.1) is 0 Å². The van der Waals surface area contributed by atoms with E-state index in [4.69, 9.17) is 9.47 Å². The van der Waals surface area contributed by atoms with E-state index >= 15 is 0 Å². The minimum absolute atomic E-state index is 0.331. The summed E-state index contributed by atoms with van der Waals surface area (Å²) in [6.45, 7) is 1.30. The molecule has 0 amide bonds. The number of aromatic nitrogens is 1. The molecule has 22 heavy (non-hydrogen) atoms. The van der Waals surface area contributed by atoms with E-state index in [1.807, 2.05) is 54.6 Å². The van der Waals surface area contributed by atoms with Crippen LogP contribution in [0.3, 0.4) is 0 Å². The monoisotopic (exact) mass is 295 g/mol. The lowest BCUT2D eigenvalue weighted by molar-refractivity contribution is -0.128. The topological polar surface area (TPSA) is 51.3 Å². The van der Waals surface area contributed by atoms with Gasteiger partial charge in [-0.25, -0.2) is 0 Å². The maximum atomic E-state index is 10.3. The van der Waals surface area contributed by atoms with Gasteiger partial charge in [0, 0.05) is 17.3 Å². The zero-order valence-corrected chi connectivity index (χ0v) is 12.1. The van der Waals surface area contributed by atoms with Crippen molar-refractivity contribution in [2.75, 3.05) is 6.61 Å². The zero-order chi connectivity index (χ0) is 15.2. The van der Waals surface area contributed by atoms with Gasteiger partial charge in [0.2, 0.25) is 0 Å². The van der Waals surface area contributed by atoms with Crippen LogP contribution in [0.15, 0.2) is 54.6 Å². The van der Waals surface area contributed by atoms with E-state index in [1.54, 1.807) is 0 Å². The van der Waals surface area contributed by atoms with Crippen molar-refractivity contribution in [3.05, 3.63) is 65.9 Å². The van der Waals surface area contributed by atoms with Gasteiger partial charge in [0.15, 0.2) is 0 Å². The van der Waals surface area contributed by atoms with E-state index in [2.05, 4.69) is 4.98 Å². The van der Waals surface area contributed by atoms with E-state index in [9.17, 15) is 4.79 Å². The molecule has 2 aromatic carbocycles. The van der Waals surface area contributed by atoms with Gasteiger partial charge in [-0.3, -0.25) is 4.79 Å². The van der Waals surface area contributed by atoms with Gasteiger partial charge in [-0.1, -0.05) is 42.5 Å². The van der Waals surface area contributed by atoms with Gasteiger partial charge in [-0.2, -0.15) is 0 Å². The molecule has 3 aromatic rings. The SMILES string of the molecule is O=COCCc1[nH]c2ccccc2c1OCc1ccccc1. The highest BCUT2D eigenvalue weighted by atomic mass is 16.5. The molecule has 1 N–H and O–H groups in total. The smallest absolute Gasteiger partial charge is 0.293 e. The molecule has 0 aliphatic carbocycles. The maximum Gasteiger partial charge on any atom is 0.293 e. The fraction of sp³-hybridized carbons (Fsp3) is 0.167. The number of rotatable bonds is 7. The second kappa shape index (κ2) is 6.80. The molecule has 4 heteroatoms. The quantitative estimate of drug-likeness (QED) is 0.536. The van der Waals surface area contributed by atoms with Crippen molar-refractivity contribution in [2.24, 2.45) is 0 Å². The van der Waals surface area contributed by atoms with Crippen molar-refractivity contribution in [2.45, 2.75) is 13.0 Å². The fourth-order valence-corrected chi connectivity index (χ4v) is 2.45. The minimum atomic E-state index is 0.331. The molecule has 0 atom stereocenters. The van der Waals surface area contributed by atoms with Crippen LogP contribution >= 0.6 is 0 Å². The summed E-state index contributed by atoms with van der Waals surface area (Å²) in [7, 11) is 0. The third-order valence-corrected chi connectivity index (χ3v) is 3.50. The molecule has 3 rings (SSSR count). The number of benzene rings is 2. The molecule has 1 heterocycles. The first-order chi connectivity index (χ1) is 10.9. The summed E-state index contributed by atoms with van der Waals surface area (Å²) >= 11 is 0. The second-order valence-electron chi connectivity index (χ2n) is 4.97. The lowest BCUT2D eigenvalue weighted by Gasteiger charge is -2.08. The predicted molar refractivity (Wildman–Crippen MR) is 84.8 cm³/mol. The molecule has 0 spiro atoms. The number of hydrogen-bond donors (Lipinski definition) is 1. The highest BCUT2D eigenvalue weighted by Gasteiger charge is 2.12. The van der Waals surface area contributed by atoms with Crippen LogP contribution in [0.25, 0.3) is 10.9 Å². The molecular weight excluding hydrogens is 278 g/mol. The Hall–Kier alpha value is -2.75.